The van der Waals surface area contributed by atoms with Crippen LogP contribution in [0, 0.1) is 0 Å². The lowest BCUT2D eigenvalue weighted by molar-refractivity contribution is 0.348. The van der Waals surface area contributed by atoms with Gasteiger partial charge in [0.05, 0.1) is 0 Å². The number of nitrogens with one attached hydrogen (secondary N) is 1. The van der Waals surface area contributed by atoms with Gasteiger partial charge in [0.1, 0.15) is 0 Å². The summed E-state index contributed by atoms with van der Waals surface area (Å²) in [4.78, 5) is 13.3. The molecule has 0 fully saturated rings. The fourth-order valence-corrected chi connectivity index (χ4v) is 1.08. The average molecular weight is 170 g/mol. The Morgan fingerprint density at radius 1 is 1.50 bits per heavy atom. The summed E-state index contributed by atoms with van der Waals surface area (Å²) in [6.07, 6.45) is 1.87. The standard InChI is InChI=1S/C8H14N2O2/c1-4-8(3,5-2)6-9-7(11)12-10-6/h4-5H2,1-3H3,(H,9,10,11). The molecule has 4 heteroatoms. The van der Waals surface area contributed by atoms with Crippen LogP contribution in [0.1, 0.15) is 39.4 Å². The fourth-order valence-electron chi connectivity index (χ4n) is 1.08. The van der Waals surface area contributed by atoms with Gasteiger partial charge in [0.25, 0.3) is 0 Å². The van der Waals surface area contributed by atoms with Crippen LogP contribution < -0.4 is 5.76 Å². The maximum absolute atomic E-state index is 10.7. The van der Waals surface area contributed by atoms with Crippen molar-refractivity contribution in [2.24, 2.45) is 0 Å². The molecule has 1 aromatic heterocycles. The second-order valence-corrected chi connectivity index (χ2v) is 3.21. The number of aromatic nitrogens is 2. The van der Waals surface area contributed by atoms with E-state index in [2.05, 4.69) is 35.4 Å². The third-order valence-corrected chi connectivity index (χ3v) is 2.57. The zero-order chi connectivity index (χ0) is 9.19. The number of hydrogen-bond acceptors (Lipinski definition) is 3. The summed E-state index contributed by atoms with van der Waals surface area (Å²) in [6, 6.07) is 0. The van der Waals surface area contributed by atoms with E-state index in [0.29, 0.717) is 5.82 Å². The predicted molar refractivity (Wildman–Crippen MR) is 45.1 cm³/mol. The van der Waals surface area contributed by atoms with Crippen molar-refractivity contribution >= 4 is 0 Å². The second kappa shape index (κ2) is 3.13. The van der Waals surface area contributed by atoms with Gasteiger partial charge >= 0.3 is 5.76 Å². The molecule has 0 aliphatic heterocycles. The van der Waals surface area contributed by atoms with E-state index in [4.69, 9.17) is 0 Å². The van der Waals surface area contributed by atoms with Gasteiger partial charge in [-0.05, 0) is 12.8 Å². The highest BCUT2D eigenvalue weighted by Gasteiger charge is 2.26. The summed E-state index contributed by atoms with van der Waals surface area (Å²) in [7, 11) is 0. The van der Waals surface area contributed by atoms with E-state index >= 15 is 0 Å². The molecule has 4 nitrogen and oxygen atoms in total. The summed E-state index contributed by atoms with van der Waals surface area (Å²) in [5, 5.41) is 3.69. The van der Waals surface area contributed by atoms with Crippen molar-refractivity contribution in [3.05, 3.63) is 16.4 Å². The Balaban J connectivity index is 3.02. The Hall–Kier alpha value is -1.06. The first-order valence-electron chi connectivity index (χ1n) is 4.19. The Labute approximate surface area is 71.0 Å². The van der Waals surface area contributed by atoms with Crippen LogP contribution in [0.4, 0.5) is 0 Å². The van der Waals surface area contributed by atoms with Crippen molar-refractivity contribution in [2.45, 2.75) is 39.0 Å². The molecule has 0 spiro atoms. The van der Waals surface area contributed by atoms with Crippen LogP contribution in [0.3, 0.4) is 0 Å². The Morgan fingerprint density at radius 2 is 2.08 bits per heavy atom. The molecule has 0 saturated carbocycles. The number of hydrogen-bond donors (Lipinski definition) is 1. The number of aromatic amines is 1. The second-order valence-electron chi connectivity index (χ2n) is 3.21. The minimum Gasteiger partial charge on any atom is -0.296 e. The molecule has 0 radical (unpaired) electrons. The van der Waals surface area contributed by atoms with Crippen LogP contribution in [0.2, 0.25) is 0 Å². The third-order valence-electron chi connectivity index (χ3n) is 2.57. The van der Waals surface area contributed by atoms with Crippen molar-refractivity contribution < 1.29 is 4.52 Å². The van der Waals surface area contributed by atoms with E-state index < -0.39 is 5.76 Å². The van der Waals surface area contributed by atoms with Gasteiger partial charge in [-0.3, -0.25) is 9.51 Å². The van der Waals surface area contributed by atoms with Crippen LogP contribution in [-0.4, -0.2) is 10.1 Å². The molecule has 1 rings (SSSR count). The first-order valence-corrected chi connectivity index (χ1v) is 4.19. The van der Waals surface area contributed by atoms with Gasteiger partial charge in [0.2, 0.25) is 0 Å². The van der Waals surface area contributed by atoms with Gasteiger partial charge in [-0.15, -0.1) is 0 Å². The van der Waals surface area contributed by atoms with Crippen LogP contribution in [-0.2, 0) is 5.41 Å². The van der Waals surface area contributed by atoms with Gasteiger partial charge < -0.3 is 0 Å². The minimum absolute atomic E-state index is 0.0633. The van der Waals surface area contributed by atoms with Gasteiger partial charge in [-0.2, -0.15) is 0 Å². The van der Waals surface area contributed by atoms with E-state index in [1.165, 1.54) is 0 Å². The lowest BCUT2D eigenvalue weighted by Gasteiger charge is -2.21. The smallest absolute Gasteiger partial charge is 0.296 e. The monoisotopic (exact) mass is 170 g/mol. The third kappa shape index (κ3) is 1.42. The largest absolute Gasteiger partial charge is 0.438 e. The van der Waals surface area contributed by atoms with E-state index in [0.717, 1.165) is 12.8 Å². The summed E-state index contributed by atoms with van der Waals surface area (Å²) < 4.78 is 4.45. The number of rotatable bonds is 3. The highest BCUT2D eigenvalue weighted by molar-refractivity contribution is 5.01. The lowest BCUT2D eigenvalue weighted by Crippen LogP contribution is -2.22. The van der Waals surface area contributed by atoms with E-state index in [9.17, 15) is 4.79 Å². The maximum atomic E-state index is 10.7. The molecule has 1 aromatic rings. The van der Waals surface area contributed by atoms with Crippen LogP contribution in [0.25, 0.3) is 0 Å². The SMILES string of the molecule is CCC(C)(CC)c1noc(=O)[nH]1. The van der Waals surface area contributed by atoms with Gasteiger partial charge in [-0.25, -0.2) is 4.79 Å². The molecule has 0 atom stereocenters. The summed E-state index contributed by atoms with van der Waals surface area (Å²) >= 11 is 0. The molecule has 0 unspecified atom stereocenters. The molecular formula is C8H14N2O2. The molecule has 0 saturated heterocycles. The van der Waals surface area contributed by atoms with Crippen molar-refractivity contribution in [2.75, 3.05) is 0 Å². The zero-order valence-electron chi connectivity index (χ0n) is 7.68. The predicted octanol–water partition coefficient (Wildman–Crippen LogP) is 1.44. The molecule has 0 bridgehead atoms. The summed E-state index contributed by atoms with van der Waals surface area (Å²) in [5.41, 5.74) is -0.0633. The van der Waals surface area contributed by atoms with Crippen molar-refractivity contribution in [1.82, 2.24) is 10.1 Å². The Kier molecular flexibility index (Phi) is 2.35. The summed E-state index contributed by atoms with van der Waals surface area (Å²) in [6.45, 7) is 6.19. The highest BCUT2D eigenvalue weighted by atomic mass is 16.5. The molecule has 12 heavy (non-hydrogen) atoms. The van der Waals surface area contributed by atoms with Gasteiger partial charge in [0.15, 0.2) is 5.82 Å². The van der Waals surface area contributed by atoms with Crippen LogP contribution in [0.15, 0.2) is 9.32 Å². The molecule has 1 heterocycles. The van der Waals surface area contributed by atoms with Crippen molar-refractivity contribution in [3.8, 4) is 0 Å². The average Bonchev–Trinajstić information content (AvgIpc) is 2.51. The normalized spacial score (nSPS) is 11.9. The number of H-pyrrole nitrogens is 1. The first-order chi connectivity index (χ1) is 5.62. The molecule has 0 aliphatic rings. The van der Waals surface area contributed by atoms with E-state index in [-0.39, 0.29) is 5.41 Å². The van der Waals surface area contributed by atoms with Crippen molar-refractivity contribution in [3.63, 3.8) is 0 Å². The van der Waals surface area contributed by atoms with Gasteiger partial charge in [-0.1, -0.05) is 25.9 Å². The Morgan fingerprint density at radius 3 is 2.42 bits per heavy atom. The summed E-state index contributed by atoms with van der Waals surface area (Å²) in [5.74, 6) is 0.177. The van der Waals surface area contributed by atoms with Crippen LogP contribution >= 0.6 is 0 Å². The molecule has 0 aromatic carbocycles. The van der Waals surface area contributed by atoms with Crippen LogP contribution in [0.5, 0.6) is 0 Å². The Bertz CT molecular complexity index is 296. The topological polar surface area (TPSA) is 58.9 Å². The first kappa shape index (κ1) is 9.03. The fraction of sp³-hybridized carbons (Fsp3) is 0.750. The molecular weight excluding hydrogens is 156 g/mol. The molecule has 0 aliphatic carbocycles. The number of nitrogens with zero attached hydrogens (tertiary/aromatic N) is 1. The minimum atomic E-state index is -0.474. The quantitative estimate of drug-likeness (QED) is 0.746. The molecule has 1 N–H and O–H groups in total. The maximum Gasteiger partial charge on any atom is 0.438 e. The zero-order valence-corrected chi connectivity index (χ0v) is 7.68. The van der Waals surface area contributed by atoms with E-state index in [1.54, 1.807) is 0 Å². The lowest BCUT2D eigenvalue weighted by atomic mass is 9.84. The molecule has 68 valence electrons. The van der Waals surface area contributed by atoms with E-state index in [1.807, 2.05) is 0 Å². The van der Waals surface area contributed by atoms with Gasteiger partial charge in [0, 0.05) is 5.41 Å². The van der Waals surface area contributed by atoms with Crippen molar-refractivity contribution in [1.29, 1.82) is 0 Å². The highest BCUT2D eigenvalue weighted by Crippen LogP contribution is 2.26. The molecule has 0 amide bonds.